The van der Waals surface area contributed by atoms with Crippen LogP contribution >= 0.6 is 0 Å². The molecule has 7 rings (SSSR count). The molecule has 0 radical (unpaired) electrons. The molecular formula is C30H24FN9O. The third kappa shape index (κ3) is 4.18. The second kappa shape index (κ2) is 9.63. The van der Waals surface area contributed by atoms with Gasteiger partial charge in [-0.2, -0.15) is 5.10 Å². The van der Waals surface area contributed by atoms with E-state index in [1.54, 1.807) is 48.4 Å². The van der Waals surface area contributed by atoms with Crippen molar-refractivity contribution in [2.45, 2.75) is 25.6 Å². The van der Waals surface area contributed by atoms with Crippen LogP contribution in [0.2, 0.25) is 0 Å². The van der Waals surface area contributed by atoms with Crippen LogP contribution in [0.15, 0.2) is 85.5 Å². The lowest BCUT2D eigenvalue weighted by Gasteiger charge is -2.18. The normalized spacial score (nSPS) is 16.1. The van der Waals surface area contributed by atoms with Gasteiger partial charge in [-0.3, -0.25) is 14.3 Å². The largest absolute Gasteiger partial charge is 0.383 e. The highest BCUT2D eigenvalue weighted by molar-refractivity contribution is 5.95. The van der Waals surface area contributed by atoms with E-state index in [1.165, 1.54) is 0 Å². The number of nitrogen functional groups attached to an aromatic ring is 1. The summed E-state index contributed by atoms with van der Waals surface area (Å²) < 4.78 is 19.0. The molecular weight excluding hydrogens is 521 g/mol. The van der Waals surface area contributed by atoms with Crippen molar-refractivity contribution < 1.29 is 9.18 Å². The Morgan fingerprint density at radius 3 is 2.68 bits per heavy atom. The molecule has 1 amide bonds. The highest BCUT2D eigenvalue weighted by Gasteiger charge is 2.35. The van der Waals surface area contributed by atoms with Gasteiger partial charge in [0.05, 0.1) is 17.2 Å². The monoisotopic (exact) mass is 545 g/mol. The Labute approximate surface area is 233 Å². The maximum absolute atomic E-state index is 15.4. The van der Waals surface area contributed by atoms with Gasteiger partial charge in [0.15, 0.2) is 17.3 Å². The summed E-state index contributed by atoms with van der Waals surface area (Å²) in [4.78, 5) is 31.1. The minimum atomic E-state index is -1.28. The first kappa shape index (κ1) is 24.6. The molecule has 5 heterocycles. The zero-order chi connectivity index (χ0) is 28.1. The smallest absolute Gasteiger partial charge is 0.253 e. The van der Waals surface area contributed by atoms with Gasteiger partial charge in [-0.25, -0.2) is 24.0 Å². The van der Waals surface area contributed by atoms with E-state index in [0.717, 1.165) is 16.8 Å². The predicted octanol–water partition coefficient (Wildman–Crippen LogP) is 4.32. The number of imidazole rings is 1. The SMILES string of the molecule is Cc1ncccc1C(=O)N[C@@H]1c2ccc(-n3c(-c4cccnc4N)nc4ccc(-n5cccn5)nc43)cc2CC1F. The van der Waals surface area contributed by atoms with Crippen molar-refractivity contribution in [3.05, 3.63) is 108 Å². The molecule has 1 aliphatic carbocycles. The second-order valence-corrected chi connectivity index (χ2v) is 9.86. The first-order valence-electron chi connectivity index (χ1n) is 13.1. The third-order valence-electron chi connectivity index (χ3n) is 7.34. The fraction of sp³-hybridized carbons (Fsp3) is 0.133. The highest BCUT2D eigenvalue weighted by Crippen LogP contribution is 2.37. The van der Waals surface area contributed by atoms with Gasteiger partial charge in [-0.15, -0.1) is 0 Å². The second-order valence-electron chi connectivity index (χ2n) is 9.86. The van der Waals surface area contributed by atoms with Crippen molar-refractivity contribution in [1.29, 1.82) is 0 Å². The van der Waals surface area contributed by atoms with E-state index in [9.17, 15) is 4.79 Å². The van der Waals surface area contributed by atoms with Crippen molar-refractivity contribution in [3.63, 3.8) is 0 Å². The van der Waals surface area contributed by atoms with E-state index in [0.29, 0.717) is 45.4 Å². The Bertz CT molecular complexity index is 1930. The van der Waals surface area contributed by atoms with E-state index >= 15 is 4.39 Å². The number of hydrogen-bond acceptors (Lipinski definition) is 7. The number of benzene rings is 1. The number of carbonyl (C=O) groups is 1. The molecule has 202 valence electrons. The molecule has 41 heavy (non-hydrogen) atoms. The molecule has 2 atom stereocenters. The summed E-state index contributed by atoms with van der Waals surface area (Å²) in [7, 11) is 0. The van der Waals surface area contributed by atoms with Gasteiger partial charge in [0.25, 0.3) is 5.91 Å². The number of fused-ring (bicyclic) bond motifs is 2. The molecule has 6 aromatic rings. The maximum Gasteiger partial charge on any atom is 0.253 e. The summed E-state index contributed by atoms with van der Waals surface area (Å²) in [5, 5.41) is 7.18. The standard InChI is InChI=1S/C30H24FN9O/c1-17-20(5-2-11-33-17)30(41)38-26-21-8-7-19(15-18(21)16-23(26)31)40-28(22-6-3-12-34-27(22)32)36-24-9-10-25(37-29(24)40)39-14-4-13-35-39/h2-15,23,26H,16H2,1H3,(H2,32,34)(H,38,41)/t23?,26-/m1/s1. The van der Waals surface area contributed by atoms with Crippen LogP contribution in [-0.2, 0) is 6.42 Å². The highest BCUT2D eigenvalue weighted by atomic mass is 19.1. The Kier molecular flexibility index (Phi) is 5.77. The fourth-order valence-electron chi connectivity index (χ4n) is 5.36. The molecule has 3 N–H and O–H groups in total. The molecule has 0 spiro atoms. The molecule has 5 aromatic heterocycles. The lowest BCUT2D eigenvalue weighted by Crippen LogP contribution is -2.32. The Morgan fingerprint density at radius 1 is 1.02 bits per heavy atom. The number of nitrogens with zero attached hydrogens (tertiary/aromatic N) is 7. The zero-order valence-electron chi connectivity index (χ0n) is 21.9. The van der Waals surface area contributed by atoms with E-state index in [2.05, 4.69) is 20.4 Å². The maximum atomic E-state index is 15.4. The van der Waals surface area contributed by atoms with Gasteiger partial charge in [-0.05, 0) is 72.6 Å². The summed E-state index contributed by atoms with van der Waals surface area (Å²) in [6.45, 7) is 1.75. The van der Waals surface area contributed by atoms with Crippen molar-refractivity contribution in [1.82, 2.24) is 39.6 Å². The average Bonchev–Trinajstić information content (AvgIpc) is 3.71. The number of nitrogens with one attached hydrogen (secondary N) is 1. The summed E-state index contributed by atoms with van der Waals surface area (Å²) in [6, 6.07) is 17.4. The average molecular weight is 546 g/mol. The Hall–Kier alpha value is -5.45. The topological polar surface area (TPSA) is 129 Å². The number of hydrogen-bond donors (Lipinski definition) is 2. The molecule has 0 fully saturated rings. The number of aromatic nitrogens is 7. The zero-order valence-corrected chi connectivity index (χ0v) is 21.9. The number of halogens is 1. The molecule has 10 nitrogen and oxygen atoms in total. The van der Waals surface area contributed by atoms with Crippen LogP contribution in [0.4, 0.5) is 10.2 Å². The first-order valence-corrected chi connectivity index (χ1v) is 13.1. The van der Waals surface area contributed by atoms with Crippen LogP contribution in [0.25, 0.3) is 34.1 Å². The van der Waals surface area contributed by atoms with Gasteiger partial charge in [0.1, 0.15) is 17.5 Å². The van der Waals surface area contributed by atoms with Gasteiger partial charge in [0.2, 0.25) is 0 Å². The van der Waals surface area contributed by atoms with Crippen molar-refractivity contribution in [2.24, 2.45) is 0 Å². The lowest BCUT2D eigenvalue weighted by molar-refractivity contribution is 0.0914. The number of rotatable bonds is 5. The number of alkyl halides is 1. The van der Waals surface area contributed by atoms with E-state index in [1.807, 2.05) is 53.2 Å². The van der Waals surface area contributed by atoms with Gasteiger partial charge in [0, 0.05) is 42.6 Å². The number of pyridine rings is 3. The molecule has 11 heteroatoms. The van der Waals surface area contributed by atoms with E-state index in [4.69, 9.17) is 15.7 Å². The van der Waals surface area contributed by atoms with Crippen molar-refractivity contribution >= 4 is 22.9 Å². The molecule has 0 bridgehead atoms. The molecule has 0 saturated heterocycles. The van der Waals surface area contributed by atoms with Crippen LogP contribution < -0.4 is 11.1 Å². The first-order chi connectivity index (χ1) is 20.0. The fourth-order valence-corrected chi connectivity index (χ4v) is 5.36. The third-order valence-corrected chi connectivity index (χ3v) is 7.34. The molecule has 1 unspecified atom stereocenters. The van der Waals surface area contributed by atoms with E-state index < -0.39 is 12.2 Å². The minimum Gasteiger partial charge on any atom is -0.383 e. The van der Waals surface area contributed by atoms with Gasteiger partial charge >= 0.3 is 0 Å². The van der Waals surface area contributed by atoms with Crippen LogP contribution in [0, 0.1) is 6.92 Å². The Balaban J connectivity index is 1.33. The number of aryl methyl sites for hydroxylation is 1. The summed E-state index contributed by atoms with van der Waals surface area (Å²) >= 11 is 0. The summed E-state index contributed by atoms with van der Waals surface area (Å²) in [5.41, 5.74) is 11.4. The Morgan fingerprint density at radius 2 is 1.88 bits per heavy atom. The van der Waals surface area contributed by atoms with E-state index in [-0.39, 0.29) is 12.3 Å². The lowest BCUT2D eigenvalue weighted by atomic mass is 10.1. The number of nitrogens with two attached hydrogens (primary N) is 1. The molecule has 1 aliphatic rings. The molecule has 0 aliphatic heterocycles. The van der Waals surface area contributed by atoms with Gasteiger partial charge < -0.3 is 11.1 Å². The quantitative estimate of drug-likeness (QED) is 0.330. The van der Waals surface area contributed by atoms with Crippen LogP contribution in [-0.4, -0.2) is 46.4 Å². The predicted molar refractivity (Wildman–Crippen MR) is 151 cm³/mol. The minimum absolute atomic E-state index is 0.156. The van der Waals surface area contributed by atoms with Crippen LogP contribution in [0.3, 0.4) is 0 Å². The molecule has 1 aromatic carbocycles. The number of carbonyl (C=O) groups excluding carboxylic acids is 1. The van der Waals surface area contributed by atoms with Crippen LogP contribution in [0.5, 0.6) is 0 Å². The number of amides is 1. The number of anilines is 1. The summed E-state index contributed by atoms with van der Waals surface area (Å²) in [5.74, 6) is 1.15. The van der Waals surface area contributed by atoms with Crippen molar-refractivity contribution in [2.75, 3.05) is 5.73 Å². The molecule has 0 saturated carbocycles. The summed E-state index contributed by atoms with van der Waals surface area (Å²) in [6.07, 6.45) is 5.62. The van der Waals surface area contributed by atoms with Gasteiger partial charge in [-0.1, -0.05) is 6.07 Å². The van der Waals surface area contributed by atoms with Crippen LogP contribution in [0.1, 0.15) is 33.2 Å². The van der Waals surface area contributed by atoms with Crippen molar-refractivity contribution in [3.8, 4) is 22.9 Å².